The van der Waals surface area contributed by atoms with Crippen molar-refractivity contribution < 1.29 is 28.6 Å². The van der Waals surface area contributed by atoms with Crippen molar-refractivity contribution in [2.45, 2.75) is 380 Å². The molecule has 0 saturated heterocycles. The normalized spacial score (nSPS) is 12.1. The molecule has 0 aliphatic carbocycles. The van der Waals surface area contributed by atoms with Gasteiger partial charge in [0.05, 0.1) is 0 Å². The van der Waals surface area contributed by atoms with Gasteiger partial charge in [0, 0.05) is 19.3 Å². The Morgan fingerprint density at radius 2 is 0.446 bits per heavy atom. The molecule has 6 nitrogen and oxygen atoms in total. The highest BCUT2D eigenvalue weighted by Gasteiger charge is 2.19. The monoisotopic (exact) mass is 1040 g/mol. The van der Waals surface area contributed by atoms with Crippen molar-refractivity contribution in [2.75, 3.05) is 13.2 Å². The fourth-order valence-electron chi connectivity index (χ4n) is 10.1. The van der Waals surface area contributed by atoms with Gasteiger partial charge in [-0.05, 0) is 70.6 Å². The predicted octanol–water partition coefficient (Wildman–Crippen LogP) is 22.6. The number of carbonyl (C=O) groups is 3. The third-order valence-electron chi connectivity index (χ3n) is 15.2. The SMILES string of the molecule is CCCCCCCC/C=C\CCCCCCCCCCCC(=O)OC(COC(=O)CCCCCCCCCCCCCC)COC(=O)CCCCCCCCCCCCCCC/C=C\CCCCCCCCCC. The average Bonchev–Trinajstić information content (AvgIpc) is 3.40. The molecule has 0 aromatic carbocycles. The lowest BCUT2D eigenvalue weighted by atomic mass is 10.0. The van der Waals surface area contributed by atoms with Crippen LogP contribution in [0.15, 0.2) is 24.3 Å². The Morgan fingerprint density at radius 3 is 0.676 bits per heavy atom. The molecule has 0 radical (unpaired) electrons. The summed E-state index contributed by atoms with van der Waals surface area (Å²) in [6, 6.07) is 0. The van der Waals surface area contributed by atoms with Gasteiger partial charge in [0.25, 0.3) is 0 Å². The van der Waals surface area contributed by atoms with Crippen LogP contribution in [-0.2, 0) is 28.6 Å². The number of unbranched alkanes of at least 4 members (excludes halogenated alkanes) is 47. The topological polar surface area (TPSA) is 78.9 Å². The lowest BCUT2D eigenvalue weighted by molar-refractivity contribution is -0.167. The number of ether oxygens (including phenoxy) is 3. The molecule has 436 valence electrons. The summed E-state index contributed by atoms with van der Waals surface area (Å²) in [5, 5.41) is 0. The maximum absolute atomic E-state index is 12.9. The fourth-order valence-corrected chi connectivity index (χ4v) is 10.1. The van der Waals surface area contributed by atoms with Gasteiger partial charge in [-0.2, -0.15) is 0 Å². The first kappa shape index (κ1) is 71.9. The van der Waals surface area contributed by atoms with E-state index < -0.39 is 6.10 Å². The van der Waals surface area contributed by atoms with E-state index in [1.165, 1.54) is 276 Å². The van der Waals surface area contributed by atoms with Gasteiger partial charge in [0.2, 0.25) is 0 Å². The molecular formula is C68H128O6. The third-order valence-corrected chi connectivity index (χ3v) is 15.2. The van der Waals surface area contributed by atoms with Crippen molar-refractivity contribution >= 4 is 17.9 Å². The number of carbonyl (C=O) groups excluding carboxylic acids is 3. The van der Waals surface area contributed by atoms with Crippen molar-refractivity contribution in [3.05, 3.63) is 24.3 Å². The number of allylic oxidation sites excluding steroid dienone is 4. The van der Waals surface area contributed by atoms with Gasteiger partial charge in [-0.1, -0.05) is 308 Å². The van der Waals surface area contributed by atoms with Crippen LogP contribution in [0.2, 0.25) is 0 Å². The van der Waals surface area contributed by atoms with E-state index >= 15 is 0 Å². The van der Waals surface area contributed by atoms with E-state index in [0.717, 1.165) is 57.8 Å². The van der Waals surface area contributed by atoms with Crippen LogP contribution in [0.5, 0.6) is 0 Å². The van der Waals surface area contributed by atoms with Gasteiger partial charge < -0.3 is 14.2 Å². The van der Waals surface area contributed by atoms with Crippen molar-refractivity contribution in [1.82, 2.24) is 0 Å². The molecule has 6 heteroatoms. The zero-order valence-electron chi connectivity index (χ0n) is 50.1. The van der Waals surface area contributed by atoms with E-state index in [2.05, 4.69) is 45.1 Å². The molecule has 0 N–H and O–H groups in total. The van der Waals surface area contributed by atoms with Crippen LogP contribution in [0.3, 0.4) is 0 Å². The van der Waals surface area contributed by atoms with Gasteiger partial charge in [0.1, 0.15) is 13.2 Å². The quantitative estimate of drug-likeness (QED) is 0.0261. The molecule has 0 amide bonds. The maximum Gasteiger partial charge on any atom is 0.306 e. The summed E-state index contributed by atoms with van der Waals surface area (Å²) in [6.45, 7) is 6.70. The maximum atomic E-state index is 12.9. The summed E-state index contributed by atoms with van der Waals surface area (Å²) in [7, 11) is 0. The number of esters is 3. The van der Waals surface area contributed by atoms with Gasteiger partial charge in [-0.3, -0.25) is 14.4 Å². The first-order valence-corrected chi connectivity index (χ1v) is 33.3. The minimum absolute atomic E-state index is 0.0666. The van der Waals surface area contributed by atoms with Gasteiger partial charge in [-0.25, -0.2) is 0 Å². The molecule has 0 heterocycles. The Labute approximate surface area is 462 Å². The van der Waals surface area contributed by atoms with Crippen molar-refractivity contribution in [2.24, 2.45) is 0 Å². The second kappa shape index (κ2) is 63.4. The Hall–Kier alpha value is -2.11. The Morgan fingerprint density at radius 1 is 0.257 bits per heavy atom. The van der Waals surface area contributed by atoms with Crippen LogP contribution in [-0.4, -0.2) is 37.2 Å². The fraction of sp³-hybridized carbons (Fsp3) is 0.897. The Kier molecular flexibility index (Phi) is 61.6. The van der Waals surface area contributed by atoms with E-state index in [9.17, 15) is 14.4 Å². The van der Waals surface area contributed by atoms with Crippen LogP contribution < -0.4 is 0 Å². The molecule has 0 bridgehead atoms. The minimum atomic E-state index is -0.769. The van der Waals surface area contributed by atoms with Crippen molar-refractivity contribution in [3.63, 3.8) is 0 Å². The average molecular weight is 1040 g/mol. The van der Waals surface area contributed by atoms with E-state index in [-0.39, 0.29) is 31.1 Å². The summed E-state index contributed by atoms with van der Waals surface area (Å²) in [5.74, 6) is -0.842. The second-order valence-corrected chi connectivity index (χ2v) is 22.7. The molecular weight excluding hydrogens is 913 g/mol. The molecule has 0 fully saturated rings. The second-order valence-electron chi connectivity index (χ2n) is 22.7. The predicted molar refractivity (Wildman–Crippen MR) is 321 cm³/mol. The highest BCUT2D eigenvalue weighted by Crippen LogP contribution is 2.18. The summed E-state index contributed by atoms with van der Waals surface area (Å²) < 4.78 is 17.0. The van der Waals surface area contributed by atoms with Crippen molar-refractivity contribution in [1.29, 1.82) is 0 Å². The first-order chi connectivity index (χ1) is 36.5. The number of rotatable bonds is 62. The van der Waals surface area contributed by atoms with Crippen LogP contribution >= 0.6 is 0 Å². The highest BCUT2D eigenvalue weighted by molar-refractivity contribution is 5.71. The third kappa shape index (κ3) is 60.8. The number of hydrogen-bond acceptors (Lipinski definition) is 6. The molecule has 0 saturated carbocycles. The van der Waals surface area contributed by atoms with Gasteiger partial charge in [0.15, 0.2) is 6.10 Å². The largest absolute Gasteiger partial charge is 0.462 e. The zero-order valence-corrected chi connectivity index (χ0v) is 50.1. The molecule has 74 heavy (non-hydrogen) atoms. The molecule has 0 aromatic heterocycles. The summed E-state index contributed by atoms with van der Waals surface area (Å²) in [4.78, 5) is 38.3. The molecule has 1 unspecified atom stereocenters. The Bertz CT molecular complexity index is 1190. The lowest BCUT2D eigenvalue weighted by Crippen LogP contribution is -2.30. The van der Waals surface area contributed by atoms with E-state index in [0.29, 0.717) is 19.3 Å². The number of hydrogen-bond donors (Lipinski definition) is 0. The van der Waals surface area contributed by atoms with Crippen LogP contribution in [0.4, 0.5) is 0 Å². The van der Waals surface area contributed by atoms with Crippen LogP contribution in [0, 0.1) is 0 Å². The molecule has 0 aromatic rings. The summed E-state index contributed by atoms with van der Waals surface area (Å²) in [6.07, 6.45) is 76.2. The molecule has 0 spiro atoms. The molecule has 0 rings (SSSR count). The summed E-state index contributed by atoms with van der Waals surface area (Å²) >= 11 is 0. The van der Waals surface area contributed by atoms with E-state index in [1.54, 1.807) is 0 Å². The van der Waals surface area contributed by atoms with Crippen LogP contribution in [0.1, 0.15) is 374 Å². The zero-order chi connectivity index (χ0) is 53.6. The van der Waals surface area contributed by atoms with E-state index in [4.69, 9.17) is 14.2 Å². The Balaban J connectivity index is 4.22. The molecule has 0 aliphatic rings. The minimum Gasteiger partial charge on any atom is -0.462 e. The van der Waals surface area contributed by atoms with E-state index in [1.807, 2.05) is 0 Å². The summed E-state index contributed by atoms with van der Waals surface area (Å²) in [5.41, 5.74) is 0. The van der Waals surface area contributed by atoms with Gasteiger partial charge in [-0.15, -0.1) is 0 Å². The smallest absolute Gasteiger partial charge is 0.306 e. The van der Waals surface area contributed by atoms with Crippen molar-refractivity contribution in [3.8, 4) is 0 Å². The lowest BCUT2D eigenvalue weighted by Gasteiger charge is -2.18. The highest BCUT2D eigenvalue weighted by atomic mass is 16.6. The first-order valence-electron chi connectivity index (χ1n) is 33.3. The molecule has 1 atom stereocenters. The van der Waals surface area contributed by atoms with Crippen LogP contribution in [0.25, 0.3) is 0 Å². The van der Waals surface area contributed by atoms with Gasteiger partial charge >= 0.3 is 17.9 Å². The molecule has 0 aliphatic heterocycles. The standard InChI is InChI=1S/C68H128O6/c1-4-7-10-13-16-19-22-25-27-29-31-32-33-34-35-36-38-39-41-43-46-49-52-55-58-61-67(70)73-64-65(63-72-66(69)60-57-54-51-48-45-24-21-18-15-12-9-6-3)74-68(71)62-59-56-53-50-47-44-42-40-37-30-28-26-23-20-17-14-11-8-5-2/h26,28-29,31,65H,4-25,27,30,32-64H2,1-3H3/b28-26-,31-29-.